The number of quaternary nitrogens is 1. The number of nitrogens with zero attached hydrogens (tertiary/aromatic N) is 3. The zero-order chi connectivity index (χ0) is 20.1. The maximum absolute atomic E-state index is 13.0. The van der Waals surface area contributed by atoms with Crippen LogP contribution in [0.3, 0.4) is 0 Å². The van der Waals surface area contributed by atoms with E-state index in [2.05, 4.69) is 32.3 Å². The molecule has 3 aromatic rings. The Balaban J connectivity index is 1.40. The molecule has 6 heteroatoms. The molecule has 1 saturated heterocycles. The molecule has 0 spiro atoms. The van der Waals surface area contributed by atoms with Crippen molar-refractivity contribution in [2.75, 3.05) is 36.4 Å². The summed E-state index contributed by atoms with van der Waals surface area (Å²) in [6, 6.07) is 19.8. The first-order valence-electron chi connectivity index (χ1n) is 10.0. The second-order valence-electron chi connectivity index (χ2n) is 7.32. The number of aromatic nitrogens is 2. The van der Waals surface area contributed by atoms with Gasteiger partial charge in [-0.15, -0.1) is 0 Å². The van der Waals surface area contributed by atoms with Crippen LogP contribution in [0.15, 0.2) is 73.1 Å². The lowest BCUT2D eigenvalue weighted by molar-refractivity contribution is -0.914. The van der Waals surface area contributed by atoms with Gasteiger partial charge in [0.05, 0.1) is 26.2 Å². The number of amides is 1. The van der Waals surface area contributed by atoms with Crippen LogP contribution in [-0.2, 0) is 4.79 Å². The van der Waals surface area contributed by atoms with Crippen LogP contribution in [-0.4, -0.2) is 48.1 Å². The quantitative estimate of drug-likeness (QED) is 0.701. The van der Waals surface area contributed by atoms with Crippen LogP contribution in [0.4, 0.5) is 11.6 Å². The fraction of sp³-hybridized carbons (Fsp3) is 0.261. The average Bonchev–Trinajstić information content (AvgIpc) is 2.80. The summed E-state index contributed by atoms with van der Waals surface area (Å²) in [5, 5.41) is 3.15. The third kappa shape index (κ3) is 4.43. The van der Waals surface area contributed by atoms with Gasteiger partial charge in [-0.25, -0.2) is 9.97 Å². The molecule has 2 heterocycles. The highest BCUT2D eigenvalue weighted by Crippen LogP contribution is 2.27. The molecule has 2 aromatic carbocycles. The van der Waals surface area contributed by atoms with E-state index < -0.39 is 0 Å². The van der Waals surface area contributed by atoms with Gasteiger partial charge < -0.3 is 15.1 Å². The van der Waals surface area contributed by atoms with E-state index in [9.17, 15) is 4.79 Å². The van der Waals surface area contributed by atoms with Gasteiger partial charge in [-0.3, -0.25) is 4.79 Å². The van der Waals surface area contributed by atoms with E-state index >= 15 is 0 Å². The number of para-hydroxylation sites is 1. The minimum Gasteiger partial charge on any atom is -0.330 e. The third-order valence-corrected chi connectivity index (χ3v) is 5.52. The normalized spacial score (nSPS) is 15.7. The minimum absolute atomic E-state index is 0.0489. The molecule has 1 aliphatic heterocycles. The molecular weight excluding hydrogens is 362 g/mol. The van der Waals surface area contributed by atoms with Gasteiger partial charge in [-0.2, -0.15) is 0 Å². The van der Waals surface area contributed by atoms with Crippen LogP contribution >= 0.6 is 0 Å². The molecular formula is C23H26N5O+. The van der Waals surface area contributed by atoms with Gasteiger partial charge in [-0.05, 0) is 24.6 Å². The Morgan fingerprint density at radius 1 is 0.966 bits per heavy atom. The van der Waals surface area contributed by atoms with Gasteiger partial charge in [0.25, 0.3) is 5.91 Å². The highest BCUT2D eigenvalue weighted by molar-refractivity contribution is 5.97. The van der Waals surface area contributed by atoms with E-state index in [4.69, 9.17) is 0 Å². The summed E-state index contributed by atoms with van der Waals surface area (Å²) in [7, 11) is 0. The summed E-state index contributed by atoms with van der Waals surface area (Å²) >= 11 is 0. The SMILES string of the molecule is C[C@H](C(=O)Nc1ccccc1-c1ccccc1)[NH+]1CCN(c2ncccn2)CC1. The zero-order valence-electron chi connectivity index (χ0n) is 16.6. The third-order valence-electron chi connectivity index (χ3n) is 5.52. The van der Waals surface area contributed by atoms with E-state index in [0.717, 1.165) is 48.9 Å². The second-order valence-corrected chi connectivity index (χ2v) is 7.32. The van der Waals surface area contributed by atoms with Crippen LogP contribution in [0.2, 0.25) is 0 Å². The van der Waals surface area contributed by atoms with E-state index in [0.29, 0.717) is 0 Å². The predicted molar refractivity (Wildman–Crippen MR) is 115 cm³/mol. The zero-order valence-corrected chi connectivity index (χ0v) is 16.6. The molecule has 0 bridgehead atoms. The summed E-state index contributed by atoms with van der Waals surface area (Å²) in [5.74, 6) is 0.813. The van der Waals surface area contributed by atoms with Crippen LogP contribution in [0.5, 0.6) is 0 Å². The molecule has 0 saturated carbocycles. The molecule has 148 valence electrons. The standard InChI is InChI=1S/C23H25N5O/c1-18(27-14-16-28(17-15-27)23-24-12-7-13-25-23)22(29)26-21-11-6-5-10-20(21)19-8-3-2-4-9-19/h2-13,18H,14-17H2,1H3,(H,26,29)/p+1/t18-/m1/s1. The Morgan fingerprint density at radius 3 is 2.34 bits per heavy atom. The first-order chi connectivity index (χ1) is 14.2. The smallest absolute Gasteiger partial charge is 0.282 e. The highest BCUT2D eigenvalue weighted by Gasteiger charge is 2.30. The number of hydrogen-bond acceptors (Lipinski definition) is 4. The van der Waals surface area contributed by atoms with Crippen LogP contribution in [0.1, 0.15) is 6.92 Å². The lowest BCUT2D eigenvalue weighted by Crippen LogP contribution is -3.19. The van der Waals surface area contributed by atoms with Crippen molar-refractivity contribution in [3.63, 3.8) is 0 Å². The lowest BCUT2D eigenvalue weighted by Gasteiger charge is -2.34. The van der Waals surface area contributed by atoms with E-state index in [1.54, 1.807) is 12.4 Å². The minimum atomic E-state index is -0.127. The molecule has 0 unspecified atom stereocenters. The summed E-state index contributed by atoms with van der Waals surface area (Å²) in [4.78, 5) is 25.1. The highest BCUT2D eigenvalue weighted by atomic mass is 16.2. The molecule has 1 atom stereocenters. The number of rotatable bonds is 5. The maximum atomic E-state index is 13.0. The molecule has 6 nitrogen and oxygen atoms in total. The van der Waals surface area contributed by atoms with E-state index in [-0.39, 0.29) is 11.9 Å². The molecule has 0 aliphatic carbocycles. The lowest BCUT2D eigenvalue weighted by atomic mass is 10.0. The average molecular weight is 388 g/mol. The summed E-state index contributed by atoms with van der Waals surface area (Å²) < 4.78 is 0. The first-order valence-corrected chi connectivity index (χ1v) is 10.0. The Kier molecular flexibility index (Phi) is 5.81. The number of hydrogen-bond donors (Lipinski definition) is 2. The number of carbonyl (C=O) groups excluding carboxylic acids is 1. The van der Waals surface area contributed by atoms with Crippen LogP contribution < -0.4 is 15.1 Å². The molecule has 1 aliphatic rings. The fourth-order valence-corrected chi connectivity index (χ4v) is 3.77. The van der Waals surface area contributed by atoms with Crippen LogP contribution in [0.25, 0.3) is 11.1 Å². The van der Waals surface area contributed by atoms with Gasteiger partial charge in [0.1, 0.15) is 0 Å². The van der Waals surface area contributed by atoms with Gasteiger partial charge in [0.15, 0.2) is 6.04 Å². The van der Waals surface area contributed by atoms with Crippen molar-refractivity contribution in [1.29, 1.82) is 0 Å². The second kappa shape index (κ2) is 8.84. The number of carbonyl (C=O) groups is 1. The maximum Gasteiger partial charge on any atom is 0.282 e. The molecule has 2 N–H and O–H groups in total. The monoisotopic (exact) mass is 388 g/mol. The van der Waals surface area contributed by atoms with E-state index in [1.807, 2.05) is 55.5 Å². The van der Waals surface area contributed by atoms with Crippen molar-refractivity contribution in [3.05, 3.63) is 73.1 Å². The van der Waals surface area contributed by atoms with Gasteiger partial charge in [0, 0.05) is 23.6 Å². The molecule has 4 rings (SSSR count). The molecule has 1 aromatic heterocycles. The first kappa shape index (κ1) is 19.1. The summed E-state index contributed by atoms with van der Waals surface area (Å²) in [6.07, 6.45) is 3.53. The predicted octanol–water partition coefficient (Wildman–Crippen LogP) is 1.88. The molecule has 1 amide bonds. The largest absolute Gasteiger partial charge is 0.330 e. The summed E-state index contributed by atoms with van der Waals surface area (Å²) in [5.41, 5.74) is 2.99. The van der Waals surface area contributed by atoms with E-state index in [1.165, 1.54) is 4.90 Å². The number of benzene rings is 2. The van der Waals surface area contributed by atoms with Crippen molar-refractivity contribution < 1.29 is 9.69 Å². The van der Waals surface area contributed by atoms with Gasteiger partial charge >= 0.3 is 0 Å². The Labute approximate surface area is 171 Å². The Bertz CT molecular complexity index is 940. The molecule has 29 heavy (non-hydrogen) atoms. The van der Waals surface area contributed by atoms with Crippen molar-refractivity contribution >= 4 is 17.5 Å². The van der Waals surface area contributed by atoms with Crippen molar-refractivity contribution in [2.45, 2.75) is 13.0 Å². The molecule has 1 fully saturated rings. The fourth-order valence-electron chi connectivity index (χ4n) is 3.77. The Hall–Kier alpha value is -3.25. The number of nitrogens with one attached hydrogen (secondary N) is 2. The Morgan fingerprint density at radius 2 is 1.62 bits per heavy atom. The summed E-state index contributed by atoms with van der Waals surface area (Å²) in [6.45, 7) is 5.46. The number of piperazine rings is 1. The van der Waals surface area contributed by atoms with Crippen molar-refractivity contribution in [2.24, 2.45) is 0 Å². The van der Waals surface area contributed by atoms with Crippen molar-refractivity contribution in [3.8, 4) is 11.1 Å². The van der Waals surface area contributed by atoms with Crippen molar-refractivity contribution in [1.82, 2.24) is 9.97 Å². The molecule has 0 radical (unpaired) electrons. The number of anilines is 2. The topological polar surface area (TPSA) is 62.6 Å². The van der Waals surface area contributed by atoms with Gasteiger partial charge in [-0.1, -0.05) is 48.5 Å². The van der Waals surface area contributed by atoms with Gasteiger partial charge in [0.2, 0.25) is 5.95 Å². The van der Waals surface area contributed by atoms with Crippen LogP contribution in [0, 0.1) is 0 Å².